The predicted octanol–water partition coefficient (Wildman–Crippen LogP) is 3.23. The number of hydrogen-bond donors (Lipinski definition) is 1. The summed E-state index contributed by atoms with van der Waals surface area (Å²) in [5.41, 5.74) is 1.37. The van der Waals surface area contributed by atoms with E-state index in [9.17, 15) is 0 Å². The predicted molar refractivity (Wildman–Crippen MR) is 74.3 cm³/mol. The zero-order valence-electron chi connectivity index (χ0n) is 10.4. The Bertz CT molecular complexity index is 340. The van der Waals surface area contributed by atoms with E-state index in [1.807, 2.05) is 11.8 Å². The van der Waals surface area contributed by atoms with Crippen molar-refractivity contribution in [3.8, 4) is 6.07 Å². The van der Waals surface area contributed by atoms with Crippen LogP contribution in [0.25, 0.3) is 0 Å². The van der Waals surface area contributed by atoms with Gasteiger partial charge in [-0.25, -0.2) is 0 Å². The third kappa shape index (κ3) is 6.35. The smallest absolute Gasteiger partial charge is 0.0622 e. The number of benzene rings is 1. The molecule has 0 radical (unpaired) electrons. The van der Waals surface area contributed by atoms with Crippen molar-refractivity contribution < 1.29 is 0 Å². The van der Waals surface area contributed by atoms with Crippen LogP contribution >= 0.6 is 11.8 Å². The highest BCUT2D eigenvalue weighted by atomic mass is 32.2. The van der Waals surface area contributed by atoms with Crippen LogP contribution in [0.15, 0.2) is 29.2 Å². The first kappa shape index (κ1) is 14.1. The minimum atomic E-state index is 0.649. The molecule has 0 aliphatic rings. The Morgan fingerprint density at radius 2 is 2.00 bits per heavy atom. The Hall–Kier alpha value is -0.980. The van der Waals surface area contributed by atoms with E-state index >= 15 is 0 Å². The third-order valence-corrected chi connectivity index (χ3v) is 3.36. The van der Waals surface area contributed by atoms with Gasteiger partial charge in [-0.15, -0.1) is 11.8 Å². The molecular weight excluding hydrogens is 228 g/mol. The van der Waals surface area contributed by atoms with Crippen molar-refractivity contribution in [1.29, 1.82) is 5.26 Å². The zero-order chi connectivity index (χ0) is 12.3. The summed E-state index contributed by atoms with van der Waals surface area (Å²) in [6.45, 7) is 4.10. The topological polar surface area (TPSA) is 35.8 Å². The summed E-state index contributed by atoms with van der Waals surface area (Å²) >= 11 is 1.88. The van der Waals surface area contributed by atoms with Gasteiger partial charge < -0.3 is 5.32 Å². The van der Waals surface area contributed by atoms with Crippen molar-refractivity contribution in [2.45, 2.75) is 31.1 Å². The molecule has 0 aliphatic carbocycles. The van der Waals surface area contributed by atoms with E-state index in [0.717, 1.165) is 31.7 Å². The Kier molecular flexibility index (Phi) is 7.53. The van der Waals surface area contributed by atoms with Crippen molar-refractivity contribution in [2.75, 3.05) is 18.8 Å². The number of rotatable bonds is 8. The molecule has 0 saturated heterocycles. The van der Waals surface area contributed by atoms with Crippen LogP contribution in [0.2, 0.25) is 0 Å². The molecule has 0 aromatic heterocycles. The van der Waals surface area contributed by atoms with E-state index < -0.39 is 0 Å². The Morgan fingerprint density at radius 1 is 1.24 bits per heavy atom. The summed E-state index contributed by atoms with van der Waals surface area (Å²) in [4.78, 5) is 1.35. The van der Waals surface area contributed by atoms with E-state index in [1.54, 1.807) is 0 Å². The molecule has 0 unspecified atom stereocenters. The Morgan fingerprint density at radius 3 is 2.65 bits per heavy atom. The molecule has 1 N–H and O–H groups in total. The Balaban J connectivity index is 2.16. The minimum absolute atomic E-state index is 0.649. The highest BCUT2D eigenvalue weighted by Gasteiger charge is 1.95. The first-order valence-corrected chi connectivity index (χ1v) is 7.14. The quantitative estimate of drug-likeness (QED) is 0.567. The fourth-order valence-electron chi connectivity index (χ4n) is 1.57. The maximum Gasteiger partial charge on any atom is 0.0622 e. The zero-order valence-corrected chi connectivity index (χ0v) is 11.2. The van der Waals surface area contributed by atoms with Crippen LogP contribution < -0.4 is 5.32 Å². The molecule has 1 aromatic rings. The molecular formula is C14H20N2S. The van der Waals surface area contributed by atoms with Crippen LogP contribution in [-0.4, -0.2) is 18.8 Å². The lowest BCUT2D eigenvalue weighted by molar-refractivity contribution is 0.655. The van der Waals surface area contributed by atoms with E-state index in [1.165, 1.54) is 10.5 Å². The number of nitriles is 1. The van der Waals surface area contributed by atoms with Crippen molar-refractivity contribution >= 4 is 11.8 Å². The second-order valence-electron chi connectivity index (χ2n) is 3.84. The molecule has 0 spiro atoms. The van der Waals surface area contributed by atoms with Crippen molar-refractivity contribution in [2.24, 2.45) is 0 Å². The van der Waals surface area contributed by atoms with E-state index in [4.69, 9.17) is 5.26 Å². The van der Waals surface area contributed by atoms with Crippen LogP contribution in [0.5, 0.6) is 0 Å². The summed E-state index contributed by atoms with van der Waals surface area (Å²) in [5, 5.41) is 11.7. The van der Waals surface area contributed by atoms with Gasteiger partial charge in [-0.05, 0) is 49.4 Å². The van der Waals surface area contributed by atoms with Crippen LogP contribution in [0.3, 0.4) is 0 Å². The molecule has 0 fully saturated rings. The van der Waals surface area contributed by atoms with Gasteiger partial charge in [-0.2, -0.15) is 5.26 Å². The standard InChI is InChI=1S/C14H20N2S/c1-2-17-14-7-5-13(6-8-14)9-12-16-11-4-3-10-15/h5-8,16H,2-4,9,11-12H2,1H3. The van der Waals surface area contributed by atoms with E-state index in [0.29, 0.717) is 6.42 Å². The maximum absolute atomic E-state index is 8.39. The fourth-order valence-corrected chi connectivity index (χ4v) is 2.23. The van der Waals surface area contributed by atoms with Gasteiger partial charge in [0.1, 0.15) is 0 Å². The van der Waals surface area contributed by atoms with Gasteiger partial charge in [0.2, 0.25) is 0 Å². The summed E-state index contributed by atoms with van der Waals surface area (Å²) in [6.07, 6.45) is 2.65. The van der Waals surface area contributed by atoms with Gasteiger partial charge in [-0.3, -0.25) is 0 Å². The van der Waals surface area contributed by atoms with Gasteiger partial charge in [0.05, 0.1) is 6.07 Å². The number of nitrogens with zero attached hydrogens (tertiary/aromatic N) is 1. The van der Waals surface area contributed by atoms with Gasteiger partial charge in [0.25, 0.3) is 0 Å². The normalized spacial score (nSPS) is 10.1. The summed E-state index contributed by atoms with van der Waals surface area (Å²) in [7, 11) is 0. The molecule has 1 aromatic carbocycles. The van der Waals surface area contributed by atoms with Gasteiger partial charge in [0.15, 0.2) is 0 Å². The second-order valence-corrected chi connectivity index (χ2v) is 5.18. The van der Waals surface area contributed by atoms with Crippen LogP contribution in [0.4, 0.5) is 0 Å². The van der Waals surface area contributed by atoms with E-state index in [-0.39, 0.29) is 0 Å². The van der Waals surface area contributed by atoms with E-state index in [2.05, 4.69) is 42.6 Å². The molecule has 92 valence electrons. The molecule has 2 nitrogen and oxygen atoms in total. The lowest BCUT2D eigenvalue weighted by Gasteiger charge is -2.04. The lowest BCUT2D eigenvalue weighted by atomic mass is 10.1. The first-order valence-electron chi connectivity index (χ1n) is 6.16. The number of hydrogen-bond acceptors (Lipinski definition) is 3. The molecule has 1 rings (SSSR count). The van der Waals surface area contributed by atoms with Crippen LogP contribution in [0.1, 0.15) is 25.3 Å². The monoisotopic (exact) mass is 248 g/mol. The van der Waals surface area contributed by atoms with Crippen LogP contribution in [0, 0.1) is 11.3 Å². The number of thioether (sulfide) groups is 1. The SMILES string of the molecule is CCSc1ccc(CCNCCCC#N)cc1. The van der Waals surface area contributed by atoms with Crippen molar-refractivity contribution in [3.63, 3.8) is 0 Å². The Labute approximate surface area is 108 Å². The number of unbranched alkanes of at least 4 members (excludes halogenated alkanes) is 1. The molecule has 0 atom stereocenters. The molecule has 3 heteroatoms. The van der Waals surface area contributed by atoms with Crippen LogP contribution in [-0.2, 0) is 6.42 Å². The largest absolute Gasteiger partial charge is 0.316 e. The average Bonchev–Trinajstić information content (AvgIpc) is 2.36. The second kappa shape index (κ2) is 9.09. The molecule has 17 heavy (non-hydrogen) atoms. The van der Waals surface area contributed by atoms with Crippen molar-refractivity contribution in [3.05, 3.63) is 29.8 Å². The molecule has 0 bridgehead atoms. The molecule has 0 heterocycles. The lowest BCUT2D eigenvalue weighted by Crippen LogP contribution is -2.18. The third-order valence-electron chi connectivity index (χ3n) is 2.47. The first-order chi connectivity index (χ1) is 8.36. The summed E-state index contributed by atoms with van der Waals surface area (Å²) < 4.78 is 0. The average molecular weight is 248 g/mol. The molecule has 0 amide bonds. The highest BCUT2D eigenvalue weighted by molar-refractivity contribution is 7.99. The van der Waals surface area contributed by atoms with Gasteiger partial charge in [-0.1, -0.05) is 19.1 Å². The van der Waals surface area contributed by atoms with Gasteiger partial charge in [0, 0.05) is 11.3 Å². The maximum atomic E-state index is 8.39. The van der Waals surface area contributed by atoms with Gasteiger partial charge >= 0.3 is 0 Å². The molecule has 0 aliphatic heterocycles. The number of nitrogens with one attached hydrogen (secondary N) is 1. The fraction of sp³-hybridized carbons (Fsp3) is 0.500. The summed E-state index contributed by atoms with van der Waals surface area (Å²) in [6, 6.07) is 10.9. The molecule has 0 saturated carbocycles. The minimum Gasteiger partial charge on any atom is -0.316 e. The highest BCUT2D eigenvalue weighted by Crippen LogP contribution is 2.17. The summed E-state index contributed by atoms with van der Waals surface area (Å²) in [5.74, 6) is 1.12. The van der Waals surface area contributed by atoms with Crippen molar-refractivity contribution in [1.82, 2.24) is 5.32 Å².